The number of hydrogen-bond acceptors (Lipinski definition) is 6. The number of hydrogen-bond donors (Lipinski definition) is 1. The summed E-state index contributed by atoms with van der Waals surface area (Å²) < 4.78 is 6.50. The van der Waals surface area contributed by atoms with E-state index in [4.69, 9.17) is 4.42 Å². The highest BCUT2D eigenvalue weighted by Gasteiger charge is 2.27. The van der Waals surface area contributed by atoms with Gasteiger partial charge in [0.1, 0.15) is 0 Å². The fraction of sp³-hybridized carbons (Fsp3) is 0.158. The molecule has 1 aliphatic rings. The van der Waals surface area contributed by atoms with Gasteiger partial charge in [0.15, 0.2) is 5.78 Å². The molecule has 2 heterocycles. The molecule has 0 saturated heterocycles. The Labute approximate surface area is 167 Å². The summed E-state index contributed by atoms with van der Waals surface area (Å²) in [4.78, 5) is 24.2. The van der Waals surface area contributed by atoms with Crippen LogP contribution in [0.15, 0.2) is 56.6 Å². The molecule has 3 aromatic rings. The van der Waals surface area contributed by atoms with Crippen molar-refractivity contribution in [2.24, 2.45) is 0 Å². The van der Waals surface area contributed by atoms with Gasteiger partial charge in [-0.15, -0.1) is 10.2 Å². The van der Waals surface area contributed by atoms with E-state index in [1.165, 1.54) is 11.8 Å². The quantitative estimate of drug-likeness (QED) is 0.460. The second kappa shape index (κ2) is 7.28. The highest BCUT2D eigenvalue weighted by atomic mass is 79.9. The van der Waals surface area contributed by atoms with Crippen molar-refractivity contribution < 1.29 is 14.0 Å². The van der Waals surface area contributed by atoms with Crippen LogP contribution in [0.5, 0.6) is 0 Å². The third-order valence-electron chi connectivity index (χ3n) is 4.33. The van der Waals surface area contributed by atoms with E-state index in [9.17, 15) is 9.59 Å². The number of fused-ring (bicyclic) bond motifs is 1. The van der Waals surface area contributed by atoms with Gasteiger partial charge in [0.2, 0.25) is 11.8 Å². The molecular formula is C19H14BrN3O3S. The number of amides is 1. The van der Waals surface area contributed by atoms with Crippen LogP contribution in [0.2, 0.25) is 0 Å². The van der Waals surface area contributed by atoms with Crippen molar-refractivity contribution in [1.29, 1.82) is 0 Å². The van der Waals surface area contributed by atoms with Gasteiger partial charge in [-0.1, -0.05) is 23.9 Å². The molecule has 0 bridgehead atoms. The highest BCUT2D eigenvalue weighted by molar-refractivity contribution is 9.10. The second-order valence-electron chi connectivity index (χ2n) is 6.08. The monoisotopic (exact) mass is 443 g/mol. The van der Waals surface area contributed by atoms with Crippen LogP contribution in [0.1, 0.15) is 28.8 Å². The molecule has 27 heavy (non-hydrogen) atoms. The number of Topliss-reactive ketones (excluding diaryl/α,β-unsaturated/α-hetero) is 1. The summed E-state index contributed by atoms with van der Waals surface area (Å²) >= 11 is 4.64. The molecule has 6 nitrogen and oxygen atoms in total. The number of nitrogens with one attached hydrogen (secondary N) is 1. The first-order valence-corrected chi connectivity index (χ1v) is 10.00. The summed E-state index contributed by atoms with van der Waals surface area (Å²) in [7, 11) is 0. The van der Waals surface area contributed by atoms with Gasteiger partial charge in [-0.3, -0.25) is 9.59 Å². The summed E-state index contributed by atoms with van der Waals surface area (Å²) in [6.45, 7) is 1.83. The third-order valence-corrected chi connectivity index (χ3v) is 5.84. The number of thioether (sulfide) groups is 1. The first kappa shape index (κ1) is 17.9. The normalized spacial score (nSPS) is 15.5. The van der Waals surface area contributed by atoms with Crippen molar-refractivity contribution in [1.82, 2.24) is 10.2 Å². The Morgan fingerprint density at radius 3 is 2.89 bits per heavy atom. The Morgan fingerprint density at radius 1 is 1.26 bits per heavy atom. The van der Waals surface area contributed by atoms with E-state index in [0.29, 0.717) is 16.7 Å². The second-order valence-corrected chi connectivity index (χ2v) is 7.86. The Morgan fingerprint density at radius 2 is 2.07 bits per heavy atom. The summed E-state index contributed by atoms with van der Waals surface area (Å²) in [6, 6.07) is 12.8. The molecule has 0 unspecified atom stereocenters. The van der Waals surface area contributed by atoms with Gasteiger partial charge in [-0.05, 0) is 58.7 Å². The van der Waals surface area contributed by atoms with Gasteiger partial charge in [-0.25, -0.2) is 0 Å². The maximum atomic E-state index is 12.5. The standard InChI is InChI=1S/C19H14BrN3O3S/c1-10-13-8-11(6-7-15(13)21-17(10)25)16(24)9-27-19-23-22-18(26-19)12-4-2-3-5-14(12)20/h2-8,10H,9H2,1H3,(H,21,25)/t10-/m1/s1. The topological polar surface area (TPSA) is 85.1 Å². The number of aromatic nitrogens is 2. The molecular weight excluding hydrogens is 430 g/mol. The smallest absolute Gasteiger partial charge is 0.277 e. The van der Waals surface area contributed by atoms with Crippen LogP contribution in [0.3, 0.4) is 0 Å². The number of halogens is 1. The zero-order valence-electron chi connectivity index (χ0n) is 14.2. The molecule has 0 fully saturated rings. The summed E-state index contributed by atoms with van der Waals surface area (Å²) in [6.07, 6.45) is 0. The first-order chi connectivity index (χ1) is 13.0. The Kier molecular flexibility index (Phi) is 4.84. The molecule has 136 valence electrons. The lowest BCUT2D eigenvalue weighted by atomic mass is 9.99. The summed E-state index contributed by atoms with van der Waals surface area (Å²) in [5.74, 6) is 0.215. The van der Waals surface area contributed by atoms with Crippen LogP contribution in [-0.2, 0) is 4.79 Å². The van der Waals surface area contributed by atoms with Crippen molar-refractivity contribution in [2.75, 3.05) is 11.1 Å². The van der Waals surface area contributed by atoms with Gasteiger partial charge in [0.25, 0.3) is 5.22 Å². The summed E-state index contributed by atoms with van der Waals surface area (Å²) in [5.41, 5.74) is 2.99. The number of benzene rings is 2. The molecule has 1 N–H and O–H groups in total. The Balaban J connectivity index is 1.45. The van der Waals surface area contributed by atoms with Crippen molar-refractivity contribution in [2.45, 2.75) is 18.1 Å². The fourth-order valence-electron chi connectivity index (χ4n) is 2.81. The lowest BCUT2D eigenvalue weighted by molar-refractivity contribution is -0.116. The highest BCUT2D eigenvalue weighted by Crippen LogP contribution is 2.33. The van der Waals surface area contributed by atoms with Crippen LogP contribution in [0.4, 0.5) is 5.69 Å². The van der Waals surface area contributed by atoms with Crippen molar-refractivity contribution in [3.8, 4) is 11.5 Å². The van der Waals surface area contributed by atoms with E-state index in [1.807, 2.05) is 31.2 Å². The maximum absolute atomic E-state index is 12.5. The number of carbonyl (C=O) groups is 2. The van der Waals surface area contributed by atoms with Crippen LogP contribution in [0, 0.1) is 0 Å². The SMILES string of the molecule is C[C@H]1C(=O)Nc2ccc(C(=O)CSc3nnc(-c4ccccc4Br)o3)cc21. The lowest BCUT2D eigenvalue weighted by Gasteiger charge is -2.04. The van der Waals surface area contributed by atoms with E-state index in [0.717, 1.165) is 21.3 Å². The molecule has 1 aromatic heterocycles. The first-order valence-electron chi connectivity index (χ1n) is 8.22. The van der Waals surface area contributed by atoms with Gasteiger partial charge in [-0.2, -0.15) is 0 Å². The molecule has 1 aliphatic heterocycles. The van der Waals surface area contributed by atoms with Crippen LogP contribution in [-0.4, -0.2) is 27.6 Å². The third kappa shape index (κ3) is 3.54. The molecule has 1 atom stereocenters. The molecule has 2 aromatic carbocycles. The minimum Gasteiger partial charge on any atom is -0.411 e. The van der Waals surface area contributed by atoms with Gasteiger partial charge in [0.05, 0.1) is 17.2 Å². The summed E-state index contributed by atoms with van der Waals surface area (Å²) in [5, 5.41) is 11.2. The zero-order valence-corrected chi connectivity index (χ0v) is 16.6. The molecule has 0 spiro atoms. The van der Waals surface area contributed by atoms with E-state index in [2.05, 4.69) is 31.4 Å². The van der Waals surface area contributed by atoms with Gasteiger partial charge < -0.3 is 9.73 Å². The van der Waals surface area contributed by atoms with Crippen molar-refractivity contribution in [3.63, 3.8) is 0 Å². The molecule has 0 radical (unpaired) electrons. The average Bonchev–Trinajstić information content (AvgIpc) is 3.25. The lowest BCUT2D eigenvalue weighted by Crippen LogP contribution is -2.08. The van der Waals surface area contributed by atoms with E-state index >= 15 is 0 Å². The molecule has 1 amide bonds. The number of ketones is 1. The van der Waals surface area contributed by atoms with E-state index < -0.39 is 0 Å². The number of carbonyl (C=O) groups excluding carboxylic acids is 2. The van der Waals surface area contributed by atoms with E-state index in [1.54, 1.807) is 18.2 Å². The number of rotatable bonds is 5. The minimum atomic E-state index is -0.247. The number of anilines is 1. The van der Waals surface area contributed by atoms with Crippen LogP contribution in [0.25, 0.3) is 11.5 Å². The van der Waals surface area contributed by atoms with Crippen molar-refractivity contribution in [3.05, 3.63) is 58.1 Å². The molecule has 8 heteroatoms. The Hall–Kier alpha value is -2.45. The largest absolute Gasteiger partial charge is 0.411 e. The van der Waals surface area contributed by atoms with Crippen LogP contribution >= 0.6 is 27.7 Å². The predicted molar refractivity (Wildman–Crippen MR) is 106 cm³/mol. The van der Waals surface area contributed by atoms with Gasteiger partial charge in [0, 0.05) is 15.7 Å². The van der Waals surface area contributed by atoms with E-state index in [-0.39, 0.29) is 23.4 Å². The van der Waals surface area contributed by atoms with Crippen LogP contribution < -0.4 is 5.32 Å². The van der Waals surface area contributed by atoms with Crippen molar-refractivity contribution >= 4 is 45.1 Å². The average molecular weight is 444 g/mol. The maximum Gasteiger partial charge on any atom is 0.277 e. The van der Waals surface area contributed by atoms with Gasteiger partial charge >= 0.3 is 0 Å². The zero-order chi connectivity index (χ0) is 19.0. The predicted octanol–water partition coefficient (Wildman–Crippen LogP) is 4.53. The minimum absolute atomic E-state index is 0.0468. The molecule has 0 aliphatic carbocycles. The number of nitrogens with zero attached hydrogens (tertiary/aromatic N) is 2. The Bertz CT molecular complexity index is 1050. The fourth-order valence-corrected chi connectivity index (χ4v) is 3.92. The molecule has 4 rings (SSSR count). The molecule has 0 saturated carbocycles.